The highest BCUT2D eigenvalue weighted by Crippen LogP contribution is 2.29. The molecule has 1 saturated carbocycles. The summed E-state index contributed by atoms with van der Waals surface area (Å²) in [6.45, 7) is 3.68. The first-order valence-electron chi connectivity index (χ1n) is 7.21. The Balaban J connectivity index is 1.70. The number of carbonyl (C=O) groups is 1. The van der Waals surface area contributed by atoms with E-state index in [1.165, 1.54) is 19.3 Å². The fourth-order valence-electron chi connectivity index (χ4n) is 2.76. The van der Waals surface area contributed by atoms with Crippen molar-refractivity contribution in [2.24, 2.45) is 0 Å². The van der Waals surface area contributed by atoms with E-state index in [4.69, 9.17) is 4.52 Å². The third kappa shape index (κ3) is 2.81. The summed E-state index contributed by atoms with van der Waals surface area (Å²) in [5.41, 5.74) is 0.614. The van der Waals surface area contributed by atoms with Crippen molar-refractivity contribution in [2.45, 2.75) is 51.1 Å². The summed E-state index contributed by atoms with van der Waals surface area (Å²) in [6, 6.07) is 0.865. The molecule has 0 bridgehead atoms. The van der Waals surface area contributed by atoms with E-state index >= 15 is 0 Å². The van der Waals surface area contributed by atoms with Gasteiger partial charge >= 0.3 is 0 Å². The van der Waals surface area contributed by atoms with Crippen LogP contribution in [0.15, 0.2) is 10.7 Å². The van der Waals surface area contributed by atoms with Gasteiger partial charge in [-0.05, 0) is 39.2 Å². The summed E-state index contributed by atoms with van der Waals surface area (Å²) in [7, 11) is 0. The maximum Gasteiger partial charge on any atom is 0.259 e. The second kappa shape index (κ2) is 5.33. The third-order valence-electron chi connectivity index (χ3n) is 4.06. The quantitative estimate of drug-likeness (QED) is 0.898. The van der Waals surface area contributed by atoms with Crippen molar-refractivity contribution in [2.75, 3.05) is 13.1 Å². The van der Waals surface area contributed by atoms with Gasteiger partial charge in [-0.3, -0.25) is 4.79 Å². The summed E-state index contributed by atoms with van der Waals surface area (Å²) >= 11 is 0. The maximum absolute atomic E-state index is 12.6. The number of carbonyl (C=O) groups excluding carboxylic acids is 1. The standard InChI is InChI=1S/C14H21N3O2/c1-10-13(8-16-19-10)14(18)17(12-5-6-12)9-11-4-2-3-7-15-11/h8,11-12,15H,2-7,9H2,1H3. The van der Waals surface area contributed by atoms with Crippen molar-refractivity contribution in [3.63, 3.8) is 0 Å². The molecule has 1 unspecified atom stereocenters. The number of piperidine rings is 1. The lowest BCUT2D eigenvalue weighted by atomic mass is 10.0. The Morgan fingerprint density at radius 2 is 2.32 bits per heavy atom. The molecule has 0 aromatic carbocycles. The van der Waals surface area contributed by atoms with Crippen molar-refractivity contribution >= 4 is 5.91 Å². The largest absolute Gasteiger partial charge is 0.361 e. The lowest BCUT2D eigenvalue weighted by Crippen LogP contribution is -2.46. The van der Waals surface area contributed by atoms with E-state index in [9.17, 15) is 4.79 Å². The first kappa shape index (κ1) is 12.7. The van der Waals surface area contributed by atoms with Crippen LogP contribution in [-0.4, -0.2) is 41.1 Å². The van der Waals surface area contributed by atoms with Crippen LogP contribution in [0.4, 0.5) is 0 Å². The smallest absolute Gasteiger partial charge is 0.259 e. The molecule has 19 heavy (non-hydrogen) atoms. The molecule has 1 aromatic rings. The number of aryl methyl sites for hydroxylation is 1. The van der Waals surface area contributed by atoms with Crippen LogP contribution >= 0.6 is 0 Å². The molecule has 1 amide bonds. The van der Waals surface area contributed by atoms with Crippen molar-refractivity contribution in [1.29, 1.82) is 0 Å². The van der Waals surface area contributed by atoms with Crippen molar-refractivity contribution < 1.29 is 9.32 Å². The summed E-state index contributed by atoms with van der Waals surface area (Å²) in [5.74, 6) is 0.695. The predicted molar refractivity (Wildman–Crippen MR) is 70.9 cm³/mol. The monoisotopic (exact) mass is 263 g/mol. The molecule has 5 heteroatoms. The van der Waals surface area contributed by atoms with E-state index < -0.39 is 0 Å². The molecule has 2 fully saturated rings. The van der Waals surface area contributed by atoms with E-state index in [1.807, 2.05) is 4.90 Å². The number of rotatable bonds is 4. The maximum atomic E-state index is 12.6. The average Bonchev–Trinajstić information content (AvgIpc) is 3.18. The first-order chi connectivity index (χ1) is 9.25. The van der Waals surface area contributed by atoms with Gasteiger partial charge in [0.05, 0.1) is 6.20 Å². The van der Waals surface area contributed by atoms with Crippen LogP contribution in [0.25, 0.3) is 0 Å². The third-order valence-corrected chi connectivity index (χ3v) is 4.06. The molecule has 104 valence electrons. The number of nitrogens with zero attached hydrogens (tertiary/aromatic N) is 2. The van der Waals surface area contributed by atoms with Gasteiger partial charge in [-0.15, -0.1) is 0 Å². The molecule has 1 aromatic heterocycles. The molecule has 1 aliphatic carbocycles. The van der Waals surface area contributed by atoms with Gasteiger partial charge in [-0.2, -0.15) is 0 Å². The Labute approximate surface area is 113 Å². The normalized spacial score (nSPS) is 23.3. The lowest BCUT2D eigenvalue weighted by Gasteiger charge is -2.30. The summed E-state index contributed by atoms with van der Waals surface area (Å²) in [5, 5.41) is 7.23. The van der Waals surface area contributed by atoms with Gasteiger partial charge in [0.1, 0.15) is 11.3 Å². The zero-order chi connectivity index (χ0) is 13.2. The molecule has 2 heterocycles. The Hall–Kier alpha value is -1.36. The summed E-state index contributed by atoms with van der Waals surface area (Å²) in [4.78, 5) is 14.6. The molecule has 0 spiro atoms. The first-order valence-corrected chi connectivity index (χ1v) is 7.21. The second-order valence-corrected chi connectivity index (χ2v) is 5.63. The molecule has 2 aliphatic rings. The predicted octanol–water partition coefficient (Wildman–Crippen LogP) is 1.73. The fourth-order valence-corrected chi connectivity index (χ4v) is 2.76. The number of aromatic nitrogens is 1. The summed E-state index contributed by atoms with van der Waals surface area (Å²) < 4.78 is 5.01. The second-order valence-electron chi connectivity index (χ2n) is 5.63. The Bertz CT molecular complexity index is 447. The highest BCUT2D eigenvalue weighted by atomic mass is 16.5. The number of nitrogens with one attached hydrogen (secondary N) is 1. The topological polar surface area (TPSA) is 58.4 Å². The molecule has 5 nitrogen and oxygen atoms in total. The zero-order valence-corrected chi connectivity index (χ0v) is 11.4. The fraction of sp³-hybridized carbons (Fsp3) is 0.714. The minimum atomic E-state index is 0.0774. The van der Waals surface area contributed by atoms with E-state index in [0.29, 0.717) is 23.4 Å². The van der Waals surface area contributed by atoms with Gasteiger partial charge in [0.2, 0.25) is 0 Å². The van der Waals surface area contributed by atoms with Gasteiger partial charge in [-0.1, -0.05) is 11.6 Å². The number of hydrogen-bond donors (Lipinski definition) is 1. The van der Waals surface area contributed by atoms with E-state index in [-0.39, 0.29) is 5.91 Å². The molecular weight excluding hydrogens is 242 g/mol. The Kier molecular flexibility index (Phi) is 3.55. The van der Waals surface area contributed by atoms with Gasteiger partial charge in [0.15, 0.2) is 0 Å². The Morgan fingerprint density at radius 1 is 1.47 bits per heavy atom. The lowest BCUT2D eigenvalue weighted by molar-refractivity contribution is 0.0716. The minimum Gasteiger partial charge on any atom is -0.361 e. The van der Waals surface area contributed by atoms with Crippen LogP contribution in [0, 0.1) is 6.92 Å². The zero-order valence-electron chi connectivity index (χ0n) is 11.4. The van der Waals surface area contributed by atoms with Gasteiger partial charge in [0, 0.05) is 18.6 Å². The van der Waals surface area contributed by atoms with E-state index in [1.54, 1.807) is 13.1 Å². The molecule has 1 N–H and O–H groups in total. The molecule has 1 saturated heterocycles. The molecule has 3 rings (SSSR count). The molecule has 1 atom stereocenters. The van der Waals surface area contributed by atoms with E-state index in [0.717, 1.165) is 25.9 Å². The van der Waals surface area contributed by atoms with Crippen LogP contribution in [0.2, 0.25) is 0 Å². The Morgan fingerprint density at radius 3 is 2.89 bits per heavy atom. The molecule has 1 aliphatic heterocycles. The van der Waals surface area contributed by atoms with Crippen molar-refractivity contribution in [1.82, 2.24) is 15.4 Å². The van der Waals surface area contributed by atoms with Crippen LogP contribution in [0.1, 0.15) is 48.2 Å². The highest BCUT2D eigenvalue weighted by molar-refractivity contribution is 5.95. The number of hydrogen-bond acceptors (Lipinski definition) is 4. The number of amides is 1. The van der Waals surface area contributed by atoms with Crippen molar-refractivity contribution in [3.05, 3.63) is 17.5 Å². The van der Waals surface area contributed by atoms with Crippen LogP contribution < -0.4 is 5.32 Å². The average molecular weight is 263 g/mol. The molecular formula is C14H21N3O2. The van der Waals surface area contributed by atoms with Gasteiger partial charge in [0.25, 0.3) is 5.91 Å². The van der Waals surface area contributed by atoms with Crippen molar-refractivity contribution in [3.8, 4) is 0 Å². The van der Waals surface area contributed by atoms with Gasteiger partial charge in [-0.25, -0.2) is 0 Å². The summed E-state index contributed by atoms with van der Waals surface area (Å²) in [6.07, 6.45) is 7.47. The van der Waals surface area contributed by atoms with Crippen LogP contribution in [-0.2, 0) is 0 Å². The van der Waals surface area contributed by atoms with Crippen LogP contribution in [0.3, 0.4) is 0 Å². The molecule has 0 radical (unpaired) electrons. The van der Waals surface area contributed by atoms with Crippen LogP contribution in [0.5, 0.6) is 0 Å². The SMILES string of the molecule is Cc1oncc1C(=O)N(CC1CCCCN1)C1CC1. The van der Waals surface area contributed by atoms with E-state index in [2.05, 4.69) is 10.5 Å². The minimum absolute atomic E-state index is 0.0774. The highest BCUT2D eigenvalue weighted by Gasteiger charge is 2.35. The van der Waals surface area contributed by atoms with Gasteiger partial charge < -0.3 is 14.7 Å².